The van der Waals surface area contributed by atoms with Crippen LogP contribution in [0.3, 0.4) is 0 Å². The van der Waals surface area contributed by atoms with Gasteiger partial charge in [-0.05, 0) is 56.4 Å². The number of hydrogen-bond acceptors (Lipinski definition) is 4. The molecule has 1 saturated heterocycles. The lowest BCUT2D eigenvalue weighted by Crippen LogP contribution is -2.47. The van der Waals surface area contributed by atoms with Crippen molar-refractivity contribution in [2.45, 2.75) is 76.3 Å². The number of nitrogens with zero attached hydrogens (tertiary/aromatic N) is 1. The van der Waals surface area contributed by atoms with Crippen molar-refractivity contribution in [1.82, 2.24) is 10.2 Å². The van der Waals surface area contributed by atoms with E-state index in [0.29, 0.717) is 18.4 Å². The number of rotatable bonds is 11. The quantitative estimate of drug-likeness (QED) is 0.338. The molecule has 0 unspecified atom stereocenters. The van der Waals surface area contributed by atoms with Gasteiger partial charge < -0.3 is 20.1 Å². The first-order valence-corrected chi connectivity index (χ1v) is 13.2. The predicted octanol–water partition coefficient (Wildman–Crippen LogP) is 5.31. The number of aliphatic carboxylic acids is 1. The van der Waals surface area contributed by atoms with E-state index in [-0.39, 0.29) is 25.0 Å². The number of allylic oxidation sites excluding steroid dienone is 1. The van der Waals surface area contributed by atoms with Crippen molar-refractivity contribution in [3.8, 4) is 5.75 Å². The molecular weight excluding hydrogens is 440 g/mol. The van der Waals surface area contributed by atoms with Crippen molar-refractivity contribution in [2.75, 3.05) is 19.7 Å². The van der Waals surface area contributed by atoms with Crippen molar-refractivity contribution < 1.29 is 19.4 Å². The van der Waals surface area contributed by atoms with E-state index in [4.69, 9.17) is 9.84 Å². The number of likely N-dealkylation sites (tertiary alicyclic amines) is 1. The zero-order chi connectivity index (χ0) is 24.5. The van der Waals surface area contributed by atoms with Gasteiger partial charge in [0.15, 0.2) is 0 Å². The molecule has 0 atom stereocenters. The lowest BCUT2D eigenvalue weighted by molar-refractivity contribution is -0.137. The van der Waals surface area contributed by atoms with Gasteiger partial charge in [-0.2, -0.15) is 0 Å². The van der Waals surface area contributed by atoms with E-state index in [1.165, 1.54) is 25.7 Å². The van der Waals surface area contributed by atoms with E-state index in [2.05, 4.69) is 10.2 Å². The molecule has 0 radical (unpaired) electrons. The Balaban J connectivity index is 1.36. The molecule has 1 aliphatic carbocycles. The van der Waals surface area contributed by atoms with Gasteiger partial charge in [0.25, 0.3) is 5.91 Å². The normalized spacial score (nSPS) is 18.1. The molecule has 6 nitrogen and oxygen atoms in total. The number of hydrogen-bond donors (Lipinski definition) is 2. The van der Waals surface area contributed by atoms with Gasteiger partial charge in [-0.3, -0.25) is 9.59 Å². The molecule has 6 heteroatoms. The van der Waals surface area contributed by atoms with Gasteiger partial charge in [-0.1, -0.05) is 55.3 Å². The molecule has 1 heterocycles. The SMILES string of the molecule is O=C(O)CCCC/C=C(\COc1cccc2ccccc12)C(=O)NC1CCN(C2CCCC2)CC1. The lowest BCUT2D eigenvalue weighted by atomic mass is 10.0. The molecule has 2 aromatic rings. The fourth-order valence-electron chi connectivity index (χ4n) is 5.35. The zero-order valence-electron chi connectivity index (χ0n) is 20.6. The molecule has 2 N–H and O–H groups in total. The third-order valence-electron chi connectivity index (χ3n) is 7.37. The van der Waals surface area contributed by atoms with Gasteiger partial charge in [-0.25, -0.2) is 0 Å². The predicted molar refractivity (Wildman–Crippen MR) is 139 cm³/mol. The fraction of sp³-hybridized carbons (Fsp3) is 0.517. The minimum Gasteiger partial charge on any atom is -0.488 e. The van der Waals surface area contributed by atoms with Crippen molar-refractivity contribution in [1.29, 1.82) is 0 Å². The molecule has 0 spiro atoms. The first kappa shape index (κ1) is 25.2. The molecule has 2 aromatic carbocycles. The molecule has 1 aliphatic heterocycles. The van der Waals surface area contributed by atoms with Crippen molar-refractivity contribution >= 4 is 22.6 Å². The van der Waals surface area contributed by atoms with E-state index < -0.39 is 5.97 Å². The third kappa shape index (κ3) is 7.31. The van der Waals surface area contributed by atoms with Crippen LogP contribution in [0.15, 0.2) is 54.1 Å². The van der Waals surface area contributed by atoms with E-state index in [0.717, 1.165) is 54.9 Å². The summed E-state index contributed by atoms with van der Waals surface area (Å²) < 4.78 is 6.14. The molecule has 2 fully saturated rings. The highest BCUT2D eigenvalue weighted by Crippen LogP contribution is 2.27. The van der Waals surface area contributed by atoms with Crippen molar-refractivity contribution in [3.63, 3.8) is 0 Å². The smallest absolute Gasteiger partial charge is 0.303 e. The van der Waals surface area contributed by atoms with Gasteiger partial charge in [0.05, 0.1) is 5.57 Å². The molecular formula is C29H38N2O4. The summed E-state index contributed by atoms with van der Waals surface area (Å²) in [5.74, 6) is -0.0875. The summed E-state index contributed by atoms with van der Waals surface area (Å²) in [7, 11) is 0. The average molecular weight is 479 g/mol. The number of benzene rings is 2. The second kappa shape index (κ2) is 12.7. The number of unbranched alkanes of at least 4 members (excludes halogenated alkanes) is 2. The first-order chi connectivity index (χ1) is 17.1. The fourth-order valence-corrected chi connectivity index (χ4v) is 5.35. The number of piperidine rings is 1. The van der Waals surface area contributed by atoms with Crippen LogP contribution in [0.25, 0.3) is 10.8 Å². The third-order valence-corrected chi connectivity index (χ3v) is 7.37. The van der Waals surface area contributed by atoms with Crippen LogP contribution in [0, 0.1) is 0 Å². The van der Waals surface area contributed by atoms with E-state index in [1.807, 2.05) is 48.5 Å². The number of fused-ring (bicyclic) bond motifs is 1. The Bertz CT molecular complexity index is 1020. The number of carboxylic acid groups (broad SMARTS) is 1. The molecule has 4 rings (SSSR count). The molecule has 1 amide bonds. The van der Waals surface area contributed by atoms with Crippen molar-refractivity contribution in [2.24, 2.45) is 0 Å². The van der Waals surface area contributed by atoms with E-state index >= 15 is 0 Å². The Morgan fingerprint density at radius 1 is 1.00 bits per heavy atom. The van der Waals surface area contributed by atoms with E-state index in [9.17, 15) is 9.59 Å². The summed E-state index contributed by atoms with van der Waals surface area (Å²) in [6.07, 6.45) is 11.4. The average Bonchev–Trinajstić information content (AvgIpc) is 3.41. The van der Waals surface area contributed by atoms with Crippen LogP contribution in [-0.2, 0) is 9.59 Å². The van der Waals surface area contributed by atoms with Gasteiger partial charge >= 0.3 is 5.97 Å². The standard InChI is InChI=1S/C29H38N2O4/c32-28(33)16-3-1-2-10-23(21-35-27-15-8-11-22-9-4-7-14-26(22)27)29(34)30-24-17-19-31(20-18-24)25-12-5-6-13-25/h4,7-11,14-15,24-25H,1-3,5-6,12-13,16-21H2,(H,30,34)(H,32,33)/b23-10+. The minimum absolute atomic E-state index is 0.0669. The summed E-state index contributed by atoms with van der Waals surface area (Å²) in [5.41, 5.74) is 0.617. The molecule has 0 bridgehead atoms. The van der Waals surface area contributed by atoms with Crippen LogP contribution in [0.1, 0.15) is 64.2 Å². The van der Waals surface area contributed by atoms with Gasteiger partial charge in [-0.15, -0.1) is 0 Å². The number of carboxylic acids is 1. The molecule has 2 aliphatic rings. The summed E-state index contributed by atoms with van der Waals surface area (Å²) in [6, 6.07) is 14.9. The maximum absolute atomic E-state index is 13.2. The molecule has 1 saturated carbocycles. The monoisotopic (exact) mass is 478 g/mol. The van der Waals surface area contributed by atoms with Crippen LogP contribution < -0.4 is 10.1 Å². The Labute approximate surface area is 208 Å². The topological polar surface area (TPSA) is 78.9 Å². The minimum atomic E-state index is -0.782. The number of amides is 1. The zero-order valence-corrected chi connectivity index (χ0v) is 20.6. The summed E-state index contributed by atoms with van der Waals surface area (Å²) >= 11 is 0. The Hall–Kier alpha value is -2.86. The lowest BCUT2D eigenvalue weighted by Gasteiger charge is -2.36. The van der Waals surface area contributed by atoms with Crippen LogP contribution in [0.4, 0.5) is 0 Å². The van der Waals surface area contributed by atoms with Gasteiger partial charge in [0.1, 0.15) is 12.4 Å². The summed E-state index contributed by atoms with van der Waals surface area (Å²) in [4.78, 5) is 26.6. The van der Waals surface area contributed by atoms with E-state index in [1.54, 1.807) is 0 Å². The summed E-state index contributed by atoms with van der Waals surface area (Å²) in [6.45, 7) is 2.30. The number of carbonyl (C=O) groups excluding carboxylic acids is 1. The Morgan fingerprint density at radius 2 is 1.74 bits per heavy atom. The van der Waals surface area contributed by atoms with Crippen molar-refractivity contribution in [3.05, 3.63) is 54.1 Å². The second-order valence-corrected chi connectivity index (χ2v) is 9.86. The van der Waals surface area contributed by atoms with Gasteiger partial charge in [0.2, 0.25) is 0 Å². The number of nitrogens with one attached hydrogen (secondary N) is 1. The number of carbonyl (C=O) groups is 2. The maximum atomic E-state index is 13.2. The maximum Gasteiger partial charge on any atom is 0.303 e. The Morgan fingerprint density at radius 3 is 2.51 bits per heavy atom. The Kier molecular flexibility index (Phi) is 9.18. The molecule has 35 heavy (non-hydrogen) atoms. The highest BCUT2D eigenvalue weighted by molar-refractivity contribution is 5.94. The van der Waals surface area contributed by atoms with Crippen LogP contribution in [0.5, 0.6) is 5.75 Å². The second-order valence-electron chi connectivity index (χ2n) is 9.86. The van der Waals surface area contributed by atoms with Crippen LogP contribution >= 0.6 is 0 Å². The first-order valence-electron chi connectivity index (χ1n) is 13.2. The van der Waals surface area contributed by atoms with Gasteiger partial charge in [0, 0.05) is 37.0 Å². The highest BCUT2D eigenvalue weighted by atomic mass is 16.5. The highest BCUT2D eigenvalue weighted by Gasteiger charge is 2.28. The van der Waals surface area contributed by atoms with Crippen LogP contribution in [-0.4, -0.2) is 53.7 Å². The largest absolute Gasteiger partial charge is 0.488 e. The molecule has 188 valence electrons. The molecule has 0 aromatic heterocycles. The van der Waals surface area contributed by atoms with Crippen LogP contribution in [0.2, 0.25) is 0 Å². The number of ether oxygens (including phenoxy) is 1. The summed E-state index contributed by atoms with van der Waals surface area (Å²) in [5, 5.41) is 14.3.